The highest BCUT2D eigenvalue weighted by Crippen LogP contribution is 2.43. The van der Waals surface area contributed by atoms with Crippen LogP contribution in [0.1, 0.15) is 47.7 Å². The van der Waals surface area contributed by atoms with Gasteiger partial charge < -0.3 is 49.3 Å². The number of allylic oxidation sites excluding steroid dienone is 1. The minimum Gasteiger partial charge on any atom is -0.508 e. The first-order chi connectivity index (χ1) is 27.9. The summed E-state index contributed by atoms with van der Waals surface area (Å²) in [5.74, 6) is 1.33. The first-order valence-electron chi connectivity index (χ1n) is 18.7. The van der Waals surface area contributed by atoms with Gasteiger partial charge in [0.1, 0.15) is 23.0 Å². The van der Waals surface area contributed by atoms with Gasteiger partial charge in [-0.05, 0) is 65.4 Å². The van der Waals surface area contributed by atoms with E-state index in [1.54, 1.807) is 41.3 Å². The maximum Gasteiger partial charge on any atom is 0.415 e. The molecule has 2 heterocycles. The van der Waals surface area contributed by atoms with Crippen LogP contribution in [0.25, 0.3) is 33.7 Å². The highest BCUT2D eigenvalue weighted by molar-refractivity contribution is 6.17. The molecule has 1 fully saturated rings. The first kappa shape index (κ1) is 41.0. The number of aliphatic hydroxyl groups excluding tert-OH is 1. The molecule has 58 heavy (non-hydrogen) atoms. The second-order valence-electron chi connectivity index (χ2n) is 14.2. The van der Waals surface area contributed by atoms with Crippen molar-refractivity contribution in [2.75, 3.05) is 54.6 Å². The Labute approximate surface area is 337 Å². The summed E-state index contributed by atoms with van der Waals surface area (Å²) in [6, 6.07) is 19.4. The van der Waals surface area contributed by atoms with Gasteiger partial charge in [-0.25, -0.2) is 4.79 Å². The number of benzene rings is 4. The lowest BCUT2D eigenvalue weighted by atomic mass is 9.94. The predicted molar refractivity (Wildman–Crippen MR) is 222 cm³/mol. The fraction of sp³-hybridized carbons (Fsp3) is 0.295. The molecule has 0 atom stereocenters. The van der Waals surface area contributed by atoms with Crippen molar-refractivity contribution < 1.29 is 43.8 Å². The molecule has 1 saturated heterocycles. The number of amides is 1. The van der Waals surface area contributed by atoms with Gasteiger partial charge in [-0.2, -0.15) is 5.10 Å². The molecule has 4 aromatic carbocycles. The Kier molecular flexibility index (Phi) is 12.5. The van der Waals surface area contributed by atoms with Crippen molar-refractivity contribution in [1.29, 1.82) is 5.41 Å². The molecule has 14 nitrogen and oxygen atoms in total. The molecule has 304 valence electrons. The van der Waals surface area contributed by atoms with E-state index in [1.807, 2.05) is 32.9 Å². The number of aromatic hydroxyl groups is 2. The molecule has 1 aliphatic heterocycles. The van der Waals surface area contributed by atoms with Crippen molar-refractivity contribution in [2.45, 2.75) is 33.2 Å². The second-order valence-corrected chi connectivity index (χ2v) is 14.2. The van der Waals surface area contributed by atoms with Crippen LogP contribution in [0, 0.1) is 12.3 Å². The Hall–Kier alpha value is -6.67. The summed E-state index contributed by atoms with van der Waals surface area (Å²) in [4.78, 5) is 17.4. The zero-order valence-electron chi connectivity index (χ0n) is 33.7. The number of H-pyrrole nitrogens is 1. The second kappa shape index (κ2) is 17.6. The summed E-state index contributed by atoms with van der Waals surface area (Å²) >= 11 is 0. The lowest BCUT2D eigenvalue weighted by molar-refractivity contribution is 0.107. The van der Waals surface area contributed by atoms with E-state index in [9.17, 15) is 20.1 Å². The highest BCUT2D eigenvalue weighted by Gasteiger charge is 2.26. The number of ether oxygens (including phenoxy) is 5. The van der Waals surface area contributed by atoms with Gasteiger partial charge in [-0.1, -0.05) is 44.2 Å². The third kappa shape index (κ3) is 8.37. The van der Waals surface area contributed by atoms with E-state index in [2.05, 4.69) is 27.2 Å². The summed E-state index contributed by atoms with van der Waals surface area (Å²) in [5, 5.41) is 48.2. The lowest BCUT2D eigenvalue weighted by Gasteiger charge is -2.34. The van der Waals surface area contributed by atoms with Gasteiger partial charge >= 0.3 is 6.09 Å². The van der Waals surface area contributed by atoms with Crippen LogP contribution in [-0.2, 0) is 6.54 Å². The predicted octanol–water partition coefficient (Wildman–Crippen LogP) is 8.01. The number of carbonyl (C=O) groups excluding carboxylic acids is 1. The largest absolute Gasteiger partial charge is 0.508 e. The number of rotatable bonds is 13. The van der Waals surface area contributed by atoms with Gasteiger partial charge in [-0.3, -0.25) is 10.00 Å². The van der Waals surface area contributed by atoms with Gasteiger partial charge in [0, 0.05) is 73.0 Å². The molecular weight excluding hydrogens is 743 g/mol. The van der Waals surface area contributed by atoms with Crippen molar-refractivity contribution in [3.05, 3.63) is 94.7 Å². The van der Waals surface area contributed by atoms with Gasteiger partial charge in [0.05, 0.1) is 28.4 Å². The third-order valence-corrected chi connectivity index (χ3v) is 10.3. The average Bonchev–Trinajstić information content (AvgIpc) is 3.61. The third-order valence-electron chi connectivity index (χ3n) is 10.3. The first-order valence-corrected chi connectivity index (χ1v) is 18.7. The number of nitrogens with one attached hydrogen (secondary N) is 2. The van der Waals surface area contributed by atoms with Crippen LogP contribution in [-0.4, -0.2) is 102 Å². The number of carbonyl (C=O) groups is 1. The molecule has 1 aromatic heterocycles. The Balaban J connectivity index is 1.12. The molecule has 0 saturated carbocycles. The number of piperazine rings is 1. The van der Waals surface area contributed by atoms with Crippen molar-refractivity contribution in [3.8, 4) is 62.6 Å². The molecule has 5 aromatic rings. The lowest BCUT2D eigenvalue weighted by Crippen LogP contribution is -2.49. The van der Waals surface area contributed by atoms with Crippen molar-refractivity contribution in [2.24, 2.45) is 0 Å². The summed E-state index contributed by atoms with van der Waals surface area (Å²) in [6.07, 6.45) is 0.472. The molecule has 0 spiro atoms. The van der Waals surface area contributed by atoms with E-state index in [0.717, 1.165) is 34.2 Å². The zero-order valence-corrected chi connectivity index (χ0v) is 33.7. The van der Waals surface area contributed by atoms with Crippen LogP contribution in [0.3, 0.4) is 0 Å². The number of aromatic amines is 1. The van der Waals surface area contributed by atoms with Crippen LogP contribution < -0.4 is 23.7 Å². The maximum atomic E-state index is 13.5. The molecular formula is C44H49N5O9. The highest BCUT2D eigenvalue weighted by atomic mass is 16.6. The standard InChI is InChI=1S/C44H49N5O9/c1-25(2)31-21-32(35(51)22-34(31)50)41-40(26(3)46-47-41)28-10-8-27(9-11-28)24-48-14-16-49(17-15-48)44(53)58-37-18-29(12-13-36(37)54-4)33(23-45)42(52)30-19-38(55-5)43(57-7)39(20-30)56-6/h8-13,18-23,25,45,50-52H,14-17,24H2,1-7H3,(H,46,47)/b42-33+,45-23?. The van der Waals surface area contributed by atoms with E-state index in [4.69, 9.17) is 29.1 Å². The molecule has 0 aliphatic carbocycles. The number of hydrogen-bond acceptors (Lipinski definition) is 12. The molecule has 0 unspecified atom stereocenters. The summed E-state index contributed by atoms with van der Waals surface area (Å²) in [7, 11) is 5.89. The Morgan fingerprint density at radius 2 is 1.47 bits per heavy atom. The molecule has 6 rings (SSSR count). The molecule has 14 heteroatoms. The van der Waals surface area contributed by atoms with Crippen LogP contribution in [0.2, 0.25) is 0 Å². The number of phenolic OH excluding ortho intramolecular Hbond substituents is 2. The Bertz CT molecular complexity index is 2300. The van der Waals surface area contributed by atoms with E-state index in [1.165, 1.54) is 34.5 Å². The topological polar surface area (TPSA) is 183 Å². The van der Waals surface area contributed by atoms with E-state index >= 15 is 0 Å². The van der Waals surface area contributed by atoms with E-state index in [0.29, 0.717) is 78.1 Å². The van der Waals surface area contributed by atoms with Gasteiger partial charge in [-0.15, -0.1) is 0 Å². The van der Waals surface area contributed by atoms with Crippen molar-refractivity contribution >= 4 is 23.6 Å². The molecule has 1 aliphatic rings. The minimum atomic E-state index is -0.542. The summed E-state index contributed by atoms with van der Waals surface area (Å²) < 4.78 is 27.6. The summed E-state index contributed by atoms with van der Waals surface area (Å²) in [5.41, 5.74) is 6.56. The van der Waals surface area contributed by atoms with Crippen molar-refractivity contribution in [1.82, 2.24) is 20.0 Å². The van der Waals surface area contributed by atoms with Gasteiger partial charge in [0.15, 0.2) is 23.0 Å². The molecule has 5 N–H and O–H groups in total. The quantitative estimate of drug-likeness (QED) is 0.0442. The van der Waals surface area contributed by atoms with Crippen LogP contribution in [0.4, 0.5) is 4.79 Å². The van der Waals surface area contributed by atoms with Gasteiger partial charge in [0.2, 0.25) is 5.75 Å². The smallest absolute Gasteiger partial charge is 0.415 e. The normalized spacial score (nSPS) is 13.6. The molecule has 0 bridgehead atoms. The maximum absolute atomic E-state index is 13.5. The number of phenols is 2. The Morgan fingerprint density at radius 3 is 2.05 bits per heavy atom. The summed E-state index contributed by atoms with van der Waals surface area (Å²) in [6.45, 7) is 8.73. The van der Waals surface area contributed by atoms with Crippen LogP contribution in [0.5, 0.6) is 40.2 Å². The van der Waals surface area contributed by atoms with E-state index in [-0.39, 0.29) is 34.5 Å². The molecule has 1 amide bonds. The van der Waals surface area contributed by atoms with Crippen molar-refractivity contribution in [3.63, 3.8) is 0 Å². The fourth-order valence-corrected chi connectivity index (χ4v) is 7.09. The zero-order chi connectivity index (χ0) is 41.7. The fourth-order valence-electron chi connectivity index (χ4n) is 7.09. The number of aromatic nitrogens is 2. The SMILES string of the molecule is COc1ccc(/C(C=N)=C(/O)c2cc(OC)c(OC)c(OC)c2)cc1OC(=O)N1CCN(Cc2ccc(-c3c(-c4cc(C(C)C)c(O)cc4O)n[nH]c3C)cc2)CC1. The van der Waals surface area contributed by atoms with E-state index < -0.39 is 6.09 Å². The number of methoxy groups -OCH3 is 4. The number of nitrogens with zero attached hydrogens (tertiary/aromatic N) is 3. The number of aryl methyl sites for hydroxylation is 1. The Morgan fingerprint density at radius 1 is 0.828 bits per heavy atom. The average molecular weight is 792 g/mol. The van der Waals surface area contributed by atoms with Gasteiger partial charge in [0.25, 0.3) is 0 Å². The monoisotopic (exact) mass is 791 g/mol. The molecule has 0 radical (unpaired) electrons. The minimum absolute atomic E-state index is 0.0413. The van der Waals surface area contributed by atoms with Crippen LogP contribution in [0.15, 0.2) is 66.7 Å². The number of hydrogen-bond donors (Lipinski definition) is 5. The number of aliphatic hydroxyl groups is 1. The van der Waals surface area contributed by atoms with Crippen LogP contribution >= 0.6 is 0 Å².